The van der Waals surface area contributed by atoms with Crippen molar-refractivity contribution in [1.29, 1.82) is 0 Å². The third kappa shape index (κ3) is 4.91. The number of carbonyl (C=O) groups excluding carboxylic acids is 2. The third-order valence-corrected chi connectivity index (χ3v) is 2.92. The van der Waals surface area contributed by atoms with E-state index >= 15 is 0 Å². The lowest BCUT2D eigenvalue weighted by molar-refractivity contribution is -0.127. The smallest absolute Gasteiger partial charge is 0.158 e. The quantitative estimate of drug-likeness (QED) is 0.604. The molecule has 0 aliphatic heterocycles. The number of rotatable bonds is 7. The summed E-state index contributed by atoms with van der Waals surface area (Å²) in [6, 6.07) is 0. The fourth-order valence-electron chi connectivity index (χ4n) is 1.16. The van der Waals surface area contributed by atoms with Gasteiger partial charge in [-0.2, -0.15) is 0 Å². The standard InChI is InChI=1S/C13H22O2/c1-6-13(4,5)12(15)9-7-8-11(14)10(2)3/h2,6-9H2,1,3-5H3. The van der Waals surface area contributed by atoms with Crippen molar-refractivity contribution in [2.24, 2.45) is 5.41 Å². The second kappa shape index (κ2) is 5.84. The van der Waals surface area contributed by atoms with Gasteiger partial charge in [-0.1, -0.05) is 27.4 Å². The van der Waals surface area contributed by atoms with Crippen molar-refractivity contribution >= 4 is 11.6 Å². The number of Topliss-reactive ketones (excluding diaryl/α,β-unsaturated/α-hetero) is 2. The van der Waals surface area contributed by atoms with Crippen LogP contribution in [0.25, 0.3) is 0 Å². The Morgan fingerprint density at radius 2 is 1.73 bits per heavy atom. The molecule has 0 aromatic carbocycles. The maximum absolute atomic E-state index is 11.7. The summed E-state index contributed by atoms with van der Waals surface area (Å²) in [5, 5.41) is 0. The average Bonchev–Trinajstić information content (AvgIpc) is 2.17. The van der Waals surface area contributed by atoms with Gasteiger partial charge in [0, 0.05) is 18.3 Å². The number of hydrogen-bond donors (Lipinski definition) is 0. The molecule has 2 heteroatoms. The van der Waals surface area contributed by atoms with Crippen molar-refractivity contribution in [3.8, 4) is 0 Å². The van der Waals surface area contributed by atoms with Crippen LogP contribution in [0.2, 0.25) is 0 Å². The van der Waals surface area contributed by atoms with Gasteiger partial charge in [0.25, 0.3) is 0 Å². The molecule has 0 atom stereocenters. The molecule has 0 bridgehead atoms. The SMILES string of the molecule is C=C(C)C(=O)CCCC(=O)C(C)(C)CC. The molecule has 2 nitrogen and oxygen atoms in total. The van der Waals surface area contributed by atoms with Gasteiger partial charge in [0.05, 0.1) is 0 Å². The van der Waals surface area contributed by atoms with Gasteiger partial charge in [0.1, 0.15) is 5.78 Å². The lowest BCUT2D eigenvalue weighted by Gasteiger charge is -2.20. The van der Waals surface area contributed by atoms with Gasteiger partial charge in [-0.3, -0.25) is 9.59 Å². The highest BCUT2D eigenvalue weighted by molar-refractivity contribution is 5.94. The van der Waals surface area contributed by atoms with E-state index in [2.05, 4.69) is 6.58 Å². The highest BCUT2D eigenvalue weighted by Crippen LogP contribution is 2.23. The molecule has 0 unspecified atom stereocenters. The molecular formula is C13H22O2. The first-order valence-electron chi connectivity index (χ1n) is 5.53. The van der Waals surface area contributed by atoms with E-state index in [1.54, 1.807) is 6.92 Å². The largest absolute Gasteiger partial charge is 0.299 e. The minimum atomic E-state index is -0.244. The minimum absolute atomic E-state index is 0.0668. The Morgan fingerprint density at radius 1 is 1.20 bits per heavy atom. The Morgan fingerprint density at radius 3 is 2.13 bits per heavy atom. The number of ketones is 2. The summed E-state index contributed by atoms with van der Waals surface area (Å²) in [4.78, 5) is 22.9. The molecular weight excluding hydrogens is 188 g/mol. The maximum atomic E-state index is 11.7. The van der Waals surface area contributed by atoms with Gasteiger partial charge in [0.2, 0.25) is 0 Å². The Kier molecular flexibility index (Phi) is 5.48. The maximum Gasteiger partial charge on any atom is 0.158 e. The van der Waals surface area contributed by atoms with Crippen LogP contribution in [0.4, 0.5) is 0 Å². The van der Waals surface area contributed by atoms with Gasteiger partial charge in [-0.15, -0.1) is 0 Å². The molecule has 0 radical (unpaired) electrons. The van der Waals surface area contributed by atoms with Crippen LogP contribution in [0.5, 0.6) is 0 Å². The molecule has 0 aliphatic carbocycles. The van der Waals surface area contributed by atoms with Crippen molar-refractivity contribution in [1.82, 2.24) is 0 Å². The van der Waals surface area contributed by atoms with E-state index in [1.807, 2.05) is 20.8 Å². The summed E-state index contributed by atoms with van der Waals surface area (Å²) in [6.45, 7) is 11.2. The predicted molar refractivity (Wildman–Crippen MR) is 62.8 cm³/mol. The molecule has 0 saturated carbocycles. The van der Waals surface area contributed by atoms with E-state index in [0.717, 1.165) is 6.42 Å². The molecule has 0 N–H and O–H groups in total. The summed E-state index contributed by atoms with van der Waals surface area (Å²) in [5.41, 5.74) is 0.337. The Hall–Kier alpha value is -0.920. The lowest BCUT2D eigenvalue weighted by atomic mass is 9.83. The normalized spacial score (nSPS) is 11.2. The molecule has 15 heavy (non-hydrogen) atoms. The second-order valence-corrected chi connectivity index (χ2v) is 4.72. The zero-order chi connectivity index (χ0) is 12.1. The summed E-state index contributed by atoms with van der Waals surface area (Å²) < 4.78 is 0. The summed E-state index contributed by atoms with van der Waals surface area (Å²) in [5.74, 6) is 0.316. The first-order chi connectivity index (χ1) is 6.81. The highest BCUT2D eigenvalue weighted by atomic mass is 16.1. The summed E-state index contributed by atoms with van der Waals surface area (Å²) >= 11 is 0. The molecule has 0 aromatic rings. The van der Waals surface area contributed by atoms with E-state index < -0.39 is 0 Å². The zero-order valence-electron chi connectivity index (χ0n) is 10.4. The molecule has 0 aromatic heterocycles. The monoisotopic (exact) mass is 210 g/mol. The van der Waals surface area contributed by atoms with Gasteiger partial charge >= 0.3 is 0 Å². The van der Waals surface area contributed by atoms with Crippen molar-refractivity contribution in [2.75, 3.05) is 0 Å². The average molecular weight is 210 g/mol. The van der Waals surface area contributed by atoms with Crippen molar-refractivity contribution < 1.29 is 9.59 Å². The fraction of sp³-hybridized carbons (Fsp3) is 0.692. The van der Waals surface area contributed by atoms with E-state index in [4.69, 9.17) is 0 Å². The second-order valence-electron chi connectivity index (χ2n) is 4.72. The number of allylic oxidation sites excluding steroid dienone is 1. The highest BCUT2D eigenvalue weighted by Gasteiger charge is 2.24. The molecule has 0 amide bonds. The van der Waals surface area contributed by atoms with Crippen LogP contribution in [0, 0.1) is 5.41 Å². The first kappa shape index (κ1) is 14.1. The van der Waals surface area contributed by atoms with Crippen LogP contribution in [-0.2, 0) is 9.59 Å². The molecule has 0 rings (SSSR count). The molecule has 0 aliphatic rings. The van der Waals surface area contributed by atoms with Gasteiger partial charge < -0.3 is 0 Å². The fourth-order valence-corrected chi connectivity index (χ4v) is 1.16. The van der Waals surface area contributed by atoms with Crippen LogP contribution in [0.3, 0.4) is 0 Å². The third-order valence-electron chi connectivity index (χ3n) is 2.92. The van der Waals surface area contributed by atoms with Gasteiger partial charge in [-0.05, 0) is 25.3 Å². The summed E-state index contributed by atoms with van der Waals surface area (Å²) in [7, 11) is 0. The van der Waals surface area contributed by atoms with Crippen LogP contribution in [-0.4, -0.2) is 11.6 Å². The van der Waals surface area contributed by atoms with Crippen molar-refractivity contribution in [2.45, 2.75) is 53.4 Å². The van der Waals surface area contributed by atoms with Crippen LogP contribution in [0.15, 0.2) is 12.2 Å². The van der Waals surface area contributed by atoms with Crippen LogP contribution < -0.4 is 0 Å². The number of carbonyl (C=O) groups is 2. The lowest BCUT2D eigenvalue weighted by Crippen LogP contribution is -2.23. The molecule has 0 fully saturated rings. The summed E-state index contributed by atoms with van der Waals surface area (Å²) in [6.07, 6.45) is 2.44. The first-order valence-corrected chi connectivity index (χ1v) is 5.53. The minimum Gasteiger partial charge on any atom is -0.299 e. The topological polar surface area (TPSA) is 34.1 Å². The van der Waals surface area contributed by atoms with Crippen LogP contribution in [0.1, 0.15) is 53.4 Å². The Labute approximate surface area is 92.8 Å². The molecule has 0 heterocycles. The van der Waals surface area contributed by atoms with E-state index in [0.29, 0.717) is 24.8 Å². The Balaban J connectivity index is 3.93. The van der Waals surface area contributed by atoms with E-state index in [-0.39, 0.29) is 17.0 Å². The van der Waals surface area contributed by atoms with Crippen LogP contribution >= 0.6 is 0 Å². The van der Waals surface area contributed by atoms with Crippen molar-refractivity contribution in [3.63, 3.8) is 0 Å². The molecule has 0 saturated heterocycles. The van der Waals surface area contributed by atoms with Gasteiger partial charge in [0.15, 0.2) is 5.78 Å². The number of hydrogen-bond acceptors (Lipinski definition) is 2. The van der Waals surface area contributed by atoms with E-state index in [9.17, 15) is 9.59 Å². The molecule has 86 valence electrons. The zero-order valence-corrected chi connectivity index (χ0v) is 10.4. The predicted octanol–water partition coefficient (Wildman–Crippen LogP) is 3.31. The van der Waals surface area contributed by atoms with Crippen molar-refractivity contribution in [3.05, 3.63) is 12.2 Å². The van der Waals surface area contributed by atoms with E-state index in [1.165, 1.54) is 0 Å². The Bertz CT molecular complexity index is 262. The molecule has 0 spiro atoms. The van der Waals surface area contributed by atoms with Gasteiger partial charge in [-0.25, -0.2) is 0 Å².